The molecule has 0 aliphatic carbocycles. The first kappa shape index (κ1) is 25.2. The Hall–Kier alpha value is -8.61. The zero-order valence-electron chi connectivity index (χ0n) is 44.8. The fourth-order valence-corrected chi connectivity index (χ4v) is 8.63. The highest BCUT2D eigenvalue weighted by molar-refractivity contribution is 6.18. The first-order valence-corrected chi connectivity index (χ1v) is 20.1. The molecule has 0 saturated heterocycles. The summed E-state index contributed by atoms with van der Waals surface area (Å²) in [6, 6.07) is 35.5. The van der Waals surface area contributed by atoms with Gasteiger partial charge in [-0.3, -0.25) is 0 Å². The number of aromatic nitrogens is 4. The highest BCUT2D eigenvalue weighted by atomic mass is 16.3. The largest absolute Gasteiger partial charge is 0.456 e. The van der Waals surface area contributed by atoms with E-state index in [0.29, 0.717) is 22.3 Å². The summed E-state index contributed by atoms with van der Waals surface area (Å²) in [7, 11) is 0. The molecule has 0 unspecified atom stereocenters. The van der Waals surface area contributed by atoms with Crippen molar-refractivity contribution in [1.82, 2.24) is 19.5 Å². The predicted octanol–water partition coefficient (Wildman–Crippen LogP) is 15.1. The van der Waals surface area contributed by atoms with Gasteiger partial charge < -0.3 is 13.4 Å². The van der Waals surface area contributed by atoms with Crippen LogP contribution in [0.5, 0.6) is 0 Å². The average Bonchev–Trinajstić information content (AvgIpc) is 4.15. The minimum atomic E-state index is -0.643. The van der Waals surface area contributed by atoms with E-state index in [0.717, 1.165) is 33.0 Å². The second-order valence-corrected chi connectivity index (χ2v) is 15.0. The number of para-hydroxylation sites is 2. The van der Waals surface area contributed by atoms with E-state index in [1.54, 1.807) is 0 Å². The van der Waals surface area contributed by atoms with Gasteiger partial charge in [-0.1, -0.05) is 158 Å². The topological polar surface area (TPSA) is 69.9 Å². The number of nitrogens with zero attached hydrogens (tertiary/aromatic N) is 4. The first-order valence-electron chi connectivity index (χ1n) is 26.1. The molecule has 0 aliphatic rings. The highest BCUT2D eigenvalue weighted by Crippen LogP contribution is 2.43. The third-order valence-corrected chi connectivity index (χ3v) is 11.5. The zero-order valence-corrected chi connectivity index (χ0v) is 32.8. The molecule has 0 saturated carbocycles. The quantitative estimate of drug-likeness (QED) is 0.167. The molecule has 0 amide bonds. The van der Waals surface area contributed by atoms with Crippen LogP contribution in [0.1, 0.15) is 16.4 Å². The minimum Gasteiger partial charge on any atom is -0.456 e. The lowest BCUT2D eigenvalue weighted by atomic mass is 9.99. The van der Waals surface area contributed by atoms with Crippen LogP contribution in [0.3, 0.4) is 0 Å². The van der Waals surface area contributed by atoms with Crippen molar-refractivity contribution < 1.29 is 25.3 Å². The molecule has 294 valence electrons. The van der Waals surface area contributed by atoms with Crippen molar-refractivity contribution in [2.45, 2.75) is 0 Å². The SMILES string of the molecule is [2H]c1cc(-c2nc(-c3ccc(-c4ccccc4)cc3)nc(-c3ccc4c(c3)oc3cccc(-c5ccccc5)c34)n2)c2c(oc3c([2H])c([2H])cc(-n4c5c([2H])c([2H])c([2H])c([2H])c5c5c([2H])c([2H])c([2H])c([2H])c54)c32)c1[2H]. The summed E-state index contributed by atoms with van der Waals surface area (Å²) >= 11 is 0. The van der Waals surface area contributed by atoms with Gasteiger partial charge in [0.2, 0.25) is 0 Å². The standard InChI is InChI=1S/C57H34N4O2/c1-3-14-35(15-4-1)36-28-30-38(31-29-36)55-58-56(39-32-33-43-51(34-39)63-48-25-11-20-40(52(43)48)37-16-5-2-6-17-37)60-57(59-55)44-21-12-26-49-53(44)54-47(24-13-27-50(54)62-49)61-45-22-9-7-18-41(45)42-19-8-10-23-46(42)61/h1-34H/i7D,8D,9D,10D,12D,13D,18D,19D,22D,23D,26D,27D. The maximum atomic E-state index is 9.25. The van der Waals surface area contributed by atoms with Crippen LogP contribution < -0.4 is 0 Å². The van der Waals surface area contributed by atoms with Crippen LogP contribution >= 0.6 is 0 Å². The lowest BCUT2D eigenvalue weighted by Gasteiger charge is -2.12. The number of fused-ring (bicyclic) bond motifs is 9. The van der Waals surface area contributed by atoms with E-state index in [9.17, 15) is 5.48 Å². The van der Waals surface area contributed by atoms with E-state index in [2.05, 4.69) is 6.07 Å². The average molecular weight is 819 g/mol. The molecule has 6 nitrogen and oxygen atoms in total. The predicted molar refractivity (Wildman–Crippen MR) is 256 cm³/mol. The maximum absolute atomic E-state index is 9.25. The fraction of sp³-hybridized carbons (Fsp3) is 0. The smallest absolute Gasteiger partial charge is 0.164 e. The van der Waals surface area contributed by atoms with Gasteiger partial charge in [0.15, 0.2) is 17.5 Å². The second-order valence-electron chi connectivity index (χ2n) is 15.0. The molecule has 0 spiro atoms. The van der Waals surface area contributed by atoms with Crippen molar-refractivity contribution >= 4 is 65.7 Å². The molecule has 6 heteroatoms. The highest BCUT2D eigenvalue weighted by Gasteiger charge is 2.23. The monoisotopic (exact) mass is 818 g/mol. The van der Waals surface area contributed by atoms with E-state index in [-0.39, 0.29) is 84.6 Å². The van der Waals surface area contributed by atoms with E-state index < -0.39 is 60.4 Å². The Kier molecular flexibility index (Phi) is 5.60. The van der Waals surface area contributed by atoms with Gasteiger partial charge in [0, 0.05) is 43.6 Å². The Morgan fingerprint density at radius 3 is 1.70 bits per heavy atom. The van der Waals surface area contributed by atoms with Crippen molar-refractivity contribution in [2.75, 3.05) is 0 Å². The van der Waals surface area contributed by atoms with Crippen LogP contribution in [0.25, 0.3) is 128 Å². The summed E-state index contributed by atoms with van der Waals surface area (Å²) in [6.45, 7) is 0. The summed E-state index contributed by atoms with van der Waals surface area (Å²) in [4.78, 5) is 15.2. The molecule has 63 heavy (non-hydrogen) atoms. The Morgan fingerprint density at radius 2 is 0.952 bits per heavy atom. The van der Waals surface area contributed by atoms with Gasteiger partial charge in [-0.25, -0.2) is 15.0 Å². The van der Waals surface area contributed by atoms with Gasteiger partial charge in [-0.15, -0.1) is 0 Å². The van der Waals surface area contributed by atoms with Gasteiger partial charge >= 0.3 is 0 Å². The second kappa shape index (κ2) is 14.0. The molecule has 0 N–H and O–H groups in total. The maximum Gasteiger partial charge on any atom is 0.164 e. The molecule has 13 aromatic rings. The minimum absolute atomic E-state index is 0.0119. The number of rotatable bonds is 6. The Morgan fingerprint density at radius 1 is 0.365 bits per heavy atom. The van der Waals surface area contributed by atoms with Gasteiger partial charge in [-0.2, -0.15) is 0 Å². The van der Waals surface area contributed by atoms with Crippen molar-refractivity contribution in [3.05, 3.63) is 206 Å². The van der Waals surface area contributed by atoms with Crippen LogP contribution in [0, 0.1) is 0 Å². The third kappa shape index (κ3) is 5.62. The van der Waals surface area contributed by atoms with Crippen molar-refractivity contribution in [3.8, 4) is 62.1 Å². The Balaban J connectivity index is 1.12. The zero-order chi connectivity index (χ0) is 51.9. The van der Waals surface area contributed by atoms with Crippen LogP contribution in [-0.4, -0.2) is 19.5 Å². The van der Waals surface area contributed by atoms with Crippen molar-refractivity contribution in [2.24, 2.45) is 0 Å². The van der Waals surface area contributed by atoms with Crippen LogP contribution in [0.15, 0.2) is 215 Å². The number of hydrogen-bond donors (Lipinski definition) is 0. The Bertz CT molecular complexity index is 4540. The Labute approximate surface area is 377 Å². The molecule has 0 atom stereocenters. The van der Waals surface area contributed by atoms with Gasteiger partial charge in [0.05, 0.1) is 38.6 Å². The molecular weight excluding hydrogens is 773 g/mol. The van der Waals surface area contributed by atoms with Gasteiger partial charge in [0.25, 0.3) is 0 Å². The molecule has 9 aromatic carbocycles. The molecule has 4 heterocycles. The summed E-state index contributed by atoms with van der Waals surface area (Å²) in [5.41, 5.74) is 5.58. The van der Waals surface area contributed by atoms with E-state index in [4.69, 9.17) is 34.8 Å². The van der Waals surface area contributed by atoms with Crippen molar-refractivity contribution in [3.63, 3.8) is 0 Å². The summed E-state index contributed by atoms with van der Waals surface area (Å²) in [5, 5.41) is 1.54. The molecule has 0 bridgehead atoms. The molecule has 0 aliphatic heterocycles. The summed E-state index contributed by atoms with van der Waals surface area (Å²) < 4.78 is 122. The number of benzene rings is 9. The molecular formula is C57H34N4O2. The third-order valence-electron chi connectivity index (χ3n) is 11.5. The molecule has 4 aromatic heterocycles. The lowest BCUT2D eigenvalue weighted by molar-refractivity contribution is 0.668. The van der Waals surface area contributed by atoms with Crippen LogP contribution in [-0.2, 0) is 0 Å². The van der Waals surface area contributed by atoms with E-state index in [1.165, 1.54) is 16.7 Å². The summed E-state index contributed by atoms with van der Waals surface area (Å²) in [6.07, 6.45) is 0. The number of furan rings is 2. The molecule has 0 radical (unpaired) electrons. The number of hydrogen-bond acceptors (Lipinski definition) is 5. The fourth-order valence-electron chi connectivity index (χ4n) is 8.63. The normalized spacial score (nSPS) is 14.5. The van der Waals surface area contributed by atoms with E-state index in [1.807, 2.05) is 115 Å². The summed E-state index contributed by atoms with van der Waals surface area (Å²) in [5.74, 6) is 0.453. The lowest BCUT2D eigenvalue weighted by Crippen LogP contribution is -2.01. The molecule has 13 rings (SSSR count). The van der Waals surface area contributed by atoms with Gasteiger partial charge in [-0.05, 0) is 70.7 Å². The van der Waals surface area contributed by atoms with Crippen LogP contribution in [0.2, 0.25) is 0 Å². The first-order chi connectivity index (χ1) is 36.2. The van der Waals surface area contributed by atoms with Crippen LogP contribution in [0.4, 0.5) is 0 Å². The van der Waals surface area contributed by atoms with E-state index >= 15 is 0 Å². The molecule has 0 fully saturated rings. The van der Waals surface area contributed by atoms with Crippen molar-refractivity contribution in [1.29, 1.82) is 0 Å². The van der Waals surface area contributed by atoms with Gasteiger partial charge in [0.1, 0.15) is 22.3 Å².